The molecule has 0 bridgehead atoms. The van der Waals surface area contributed by atoms with E-state index >= 15 is 0 Å². The van der Waals surface area contributed by atoms with Gasteiger partial charge in [0.25, 0.3) is 0 Å². The summed E-state index contributed by atoms with van der Waals surface area (Å²) in [4.78, 5) is 14.8. The Kier molecular flexibility index (Phi) is 4.56. The van der Waals surface area contributed by atoms with Gasteiger partial charge in [0, 0.05) is 26.5 Å². The largest absolute Gasteiger partial charge is 0.478 e. The standard InChI is InChI=1S/C10H14N2O3/c1-15-7-3-6-12-9-8(10(13)14)4-2-5-11-9/h2,4-5H,3,6-7H2,1H3,(H,11,12)(H,13,14). The maximum atomic E-state index is 10.8. The third-order valence-corrected chi connectivity index (χ3v) is 1.86. The first-order valence-electron chi connectivity index (χ1n) is 4.67. The number of hydrogen-bond donors (Lipinski definition) is 2. The zero-order valence-corrected chi connectivity index (χ0v) is 8.56. The van der Waals surface area contributed by atoms with Crippen molar-refractivity contribution in [2.45, 2.75) is 6.42 Å². The number of carbonyl (C=O) groups is 1. The predicted octanol–water partition coefficient (Wildman–Crippen LogP) is 1.23. The second-order valence-corrected chi connectivity index (χ2v) is 2.98. The quantitative estimate of drug-likeness (QED) is 0.691. The Labute approximate surface area is 88.1 Å². The maximum absolute atomic E-state index is 10.8. The molecule has 0 aliphatic heterocycles. The maximum Gasteiger partial charge on any atom is 0.339 e. The van der Waals surface area contributed by atoms with Crippen LogP contribution in [0.25, 0.3) is 0 Å². The van der Waals surface area contributed by atoms with Gasteiger partial charge in [0.2, 0.25) is 0 Å². The van der Waals surface area contributed by atoms with Crippen molar-refractivity contribution in [3.05, 3.63) is 23.9 Å². The summed E-state index contributed by atoms with van der Waals surface area (Å²) in [6.45, 7) is 1.29. The molecule has 1 rings (SSSR count). The van der Waals surface area contributed by atoms with E-state index in [1.807, 2.05) is 0 Å². The number of anilines is 1. The van der Waals surface area contributed by atoms with E-state index in [-0.39, 0.29) is 5.56 Å². The van der Waals surface area contributed by atoms with E-state index in [4.69, 9.17) is 9.84 Å². The third-order valence-electron chi connectivity index (χ3n) is 1.86. The lowest BCUT2D eigenvalue weighted by atomic mass is 10.2. The van der Waals surface area contributed by atoms with Gasteiger partial charge in [-0.1, -0.05) is 0 Å². The molecule has 2 N–H and O–H groups in total. The highest BCUT2D eigenvalue weighted by atomic mass is 16.5. The monoisotopic (exact) mass is 210 g/mol. The highest BCUT2D eigenvalue weighted by Gasteiger charge is 2.09. The van der Waals surface area contributed by atoms with Crippen LogP contribution < -0.4 is 5.32 Å². The van der Waals surface area contributed by atoms with Crippen molar-refractivity contribution in [2.24, 2.45) is 0 Å². The lowest BCUT2D eigenvalue weighted by molar-refractivity contribution is 0.0697. The molecule has 0 unspecified atom stereocenters. The molecule has 15 heavy (non-hydrogen) atoms. The van der Waals surface area contributed by atoms with E-state index in [0.29, 0.717) is 19.0 Å². The summed E-state index contributed by atoms with van der Waals surface area (Å²) in [5.74, 6) is -0.571. The Hall–Kier alpha value is -1.62. The van der Waals surface area contributed by atoms with Crippen LogP contribution in [-0.2, 0) is 4.74 Å². The van der Waals surface area contributed by atoms with Gasteiger partial charge in [0.05, 0.1) is 0 Å². The molecule has 0 radical (unpaired) electrons. The summed E-state index contributed by atoms with van der Waals surface area (Å²) in [6.07, 6.45) is 2.37. The molecule has 82 valence electrons. The zero-order chi connectivity index (χ0) is 11.1. The molecule has 0 aliphatic rings. The van der Waals surface area contributed by atoms with Crippen molar-refractivity contribution in [3.8, 4) is 0 Å². The summed E-state index contributed by atoms with van der Waals surface area (Å²) in [7, 11) is 1.63. The highest BCUT2D eigenvalue weighted by molar-refractivity contribution is 5.92. The summed E-state index contributed by atoms with van der Waals surface area (Å²) in [6, 6.07) is 3.12. The van der Waals surface area contributed by atoms with Gasteiger partial charge in [-0.25, -0.2) is 9.78 Å². The van der Waals surface area contributed by atoms with Crippen LogP contribution in [0.5, 0.6) is 0 Å². The fourth-order valence-corrected chi connectivity index (χ4v) is 1.14. The van der Waals surface area contributed by atoms with Crippen molar-refractivity contribution in [3.63, 3.8) is 0 Å². The highest BCUT2D eigenvalue weighted by Crippen LogP contribution is 2.10. The minimum atomic E-state index is -0.975. The topological polar surface area (TPSA) is 71.5 Å². The number of pyridine rings is 1. The first kappa shape index (κ1) is 11.5. The van der Waals surface area contributed by atoms with Crippen LogP contribution in [0.2, 0.25) is 0 Å². The van der Waals surface area contributed by atoms with Gasteiger partial charge in [-0.05, 0) is 18.6 Å². The number of methoxy groups -OCH3 is 1. The average Bonchev–Trinajstić information content (AvgIpc) is 2.25. The average molecular weight is 210 g/mol. The minimum absolute atomic E-state index is 0.190. The van der Waals surface area contributed by atoms with Gasteiger partial charge < -0.3 is 15.2 Å². The van der Waals surface area contributed by atoms with Gasteiger partial charge in [-0.15, -0.1) is 0 Å². The molecule has 0 atom stereocenters. The zero-order valence-electron chi connectivity index (χ0n) is 8.56. The number of carboxylic acids is 1. The molecule has 0 fully saturated rings. The van der Waals surface area contributed by atoms with Gasteiger partial charge in [-0.3, -0.25) is 0 Å². The molecule has 1 aromatic rings. The fraction of sp³-hybridized carbons (Fsp3) is 0.400. The van der Waals surface area contributed by atoms with Crippen LogP contribution in [0.1, 0.15) is 16.8 Å². The molecule has 5 nitrogen and oxygen atoms in total. The number of hydrogen-bond acceptors (Lipinski definition) is 4. The predicted molar refractivity (Wildman–Crippen MR) is 56.2 cm³/mol. The Morgan fingerprint density at radius 2 is 2.47 bits per heavy atom. The fourth-order valence-electron chi connectivity index (χ4n) is 1.14. The van der Waals surface area contributed by atoms with Crippen molar-refractivity contribution < 1.29 is 14.6 Å². The molecule has 0 spiro atoms. The number of nitrogens with zero attached hydrogens (tertiary/aromatic N) is 1. The molecule has 1 heterocycles. The van der Waals surface area contributed by atoms with Crippen molar-refractivity contribution in [1.82, 2.24) is 4.98 Å². The lowest BCUT2D eigenvalue weighted by Crippen LogP contribution is -2.10. The van der Waals surface area contributed by atoms with Crippen LogP contribution in [-0.4, -0.2) is 36.3 Å². The van der Waals surface area contributed by atoms with Gasteiger partial charge in [0.1, 0.15) is 11.4 Å². The van der Waals surface area contributed by atoms with E-state index in [9.17, 15) is 4.79 Å². The first-order chi connectivity index (χ1) is 7.25. The molecular formula is C10H14N2O3. The molecule has 0 saturated carbocycles. The molecule has 5 heteroatoms. The van der Waals surface area contributed by atoms with Crippen LogP contribution in [0.3, 0.4) is 0 Å². The normalized spacial score (nSPS) is 9.93. The Bertz CT molecular complexity index is 328. The molecule has 1 aromatic heterocycles. The van der Waals surface area contributed by atoms with E-state index < -0.39 is 5.97 Å². The van der Waals surface area contributed by atoms with E-state index in [1.165, 1.54) is 6.07 Å². The number of ether oxygens (including phenoxy) is 1. The van der Waals surface area contributed by atoms with E-state index in [1.54, 1.807) is 19.4 Å². The third kappa shape index (κ3) is 3.55. The summed E-state index contributed by atoms with van der Waals surface area (Å²) >= 11 is 0. The van der Waals surface area contributed by atoms with E-state index in [0.717, 1.165) is 6.42 Å². The number of aromatic carboxylic acids is 1. The van der Waals surface area contributed by atoms with Crippen LogP contribution in [0.4, 0.5) is 5.82 Å². The molecular weight excluding hydrogens is 196 g/mol. The Morgan fingerprint density at radius 1 is 1.67 bits per heavy atom. The van der Waals surface area contributed by atoms with Crippen molar-refractivity contribution in [2.75, 3.05) is 25.6 Å². The number of carboxylic acid groups (broad SMARTS) is 1. The number of nitrogens with one attached hydrogen (secondary N) is 1. The molecule has 0 aliphatic carbocycles. The Morgan fingerprint density at radius 3 is 3.13 bits per heavy atom. The summed E-state index contributed by atoms with van der Waals surface area (Å²) < 4.78 is 4.88. The summed E-state index contributed by atoms with van der Waals surface area (Å²) in [5, 5.41) is 11.8. The van der Waals surface area contributed by atoms with Crippen molar-refractivity contribution >= 4 is 11.8 Å². The molecule has 0 saturated heterocycles. The van der Waals surface area contributed by atoms with Crippen LogP contribution in [0, 0.1) is 0 Å². The van der Waals surface area contributed by atoms with Gasteiger partial charge >= 0.3 is 5.97 Å². The second-order valence-electron chi connectivity index (χ2n) is 2.98. The smallest absolute Gasteiger partial charge is 0.339 e. The van der Waals surface area contributed by atoms with Crippen LogP contribution in [0.15, 0.2) is 18.3 Å². The Balaban J connectivity index is 2.56. The molecule has 0 aromatic carbocycles. The van der Waals surface area contributed by atoms with Crippen LogP contribution >= 0.6 is 0 Å². The van der Waals surface area contributed by atoms with E-state index in [2.05, 4.69) is 10.3 Å². The lowest BCUT2D eigenvalue weighted by Gasteiger charge is -2.07. The minimum Gasteiger partial charge on any atom is -0.478 e. The first-order valence-corrected chi connectivity index (χ1v) is 4.67. The summed E-state index contributed by atoms with van der Waals surface area (Å²) in [5.41, 5.74) is 0.190. The number of rotatable bonds is 6. The molecule has 0 amide bonds. The SMILES string of the molecule is COCCCNc1ncccc1C(=O)O. The van der Waals surface area contributed by atoms with Gasteiger partial charge in [0.15, 0.2) is 0 Å². The second kappa shape index (κ2) is 5.98. The van der Waals surface area contributed by atoms with Gasteiger partial charge in [-0.2, -0.15) is 0 Å². The van der Waals surface area contributed by atoms with Crippen molar-refractivity contribution in [1.29, 1.82) is 0 Å². The number of aromatic nitrogens is 1.